The van der Waals surface area contributed by atoms with Crippen LogP contribution in [0.1, 0.15) is 90.9 Å². The molecule has 1 aliphatic carbocycles. The summed E-state index contributed by atoms with van der Waals surface area (Å²) in [5.74, 6) is -0.268. The Kier molecular flexibility index (Phi) is 11.3. The molecule has 242 valence electrons. The molecule has 0 fully saturated rings. The summed E-state index contributed by atoms with van der Waals surface area (Å²) in [6, 6.07) is 43.1. The Labute approximate surface area is 285 Å². The van der Waals surface area contributed by atoms with E-state index >= 15 is 0 Å². The van der Waals surface area contributed by atoms with Crippen molar-refractivity contribution in [2.75, 3.05) is 11.6 Å². The van der Waals surface area contributed by atoms with Gasteiger partial charge in [-0.25, -0.2) is 9.80 Å². The lowest BCUT2D eigenvalue weighted by atomic mass is 10.0. The number of carbonyl (C=O) groups is 1. The van der Waals surface area contributed by atoms with Crippen molar-refractivity contribution in [3.8, 4) is 11.1 Å². The van der Waals surface area contributed by atoms with E-state index in [1.54, 1.807) is 0 Å². The first kappa shape index (κ1) is 32.7. The summed E-state index contributed by atoms with van der Waals surface area (Å²) in [5, 5.41) is 7.31. The normalized spacial score (nSPS) is 12.6. The summed E-state index contributed by atoms with van der Waals surface area (Å²) in [7, 11) is 0. The van der Waals surface area contributed by atoms with Crippen LogP contribution in [0.3, 0.4) is 0 Å². The van der Waals surface area contributed by atoms with E-state index in [4.69, 9.17) is 9.84 Å². The van der Waals surface area contributed by atoms with Gasteiger partial charge in [0.25, 0.3) is 0 Å². The van der Waals surface area contributed by atoms with Gasteiger partial charge in [-0.1, -0.05) is 155 Å². The number of ether oxygens (including phenoxy) is 1. The number of para-hydroxylation sites is 1. The van der Waals surface area contributed by atoms with Crippen molar-refractivity contribution in [1.82, 2.24) is 0 Å². The number of esters is 1. The lowest BCUT2D eigenvalue weighted by Crippen LogP contribution is -2.14. The van der Waals surface area contributed by atoms with Gasteiger partial charge in [-0.3, -0.25) is 0 Å². The second-order valence-corrected chi connectivity index (χ2v) is 12.3. The molecule has 0 aromatic heterocycles. The van der Waals surface area contributed by atoms with Gasteiger partial charge in [0, 0.05) is 11.1 Å². The molecule has 5 aromatic rings. The molecule has 0 spiro atoms. The minimum Gasteiger partial charge on any atom is -0.462 e. The summed E-state index contributed by atoms with van der Waals surface area (Å²) in [5.41, 5.74) is 9.75. The van der Waals surface area contributed by atoms with Crippen molar-refractivity contribution in [3.63, 3.8) is 0 Å². The van der Waals surface area contributed by atoms with Crippen LogP contribution in [0.4, 0.5) is 11.4 Å². The molecule has 0 atom stereocenters. The van der Waals surface area contributed by atoms with Crippen molar-refractivity contribution < 1.29 is 9.53 Å². The SMILES string of the molecule is CCCCCCCCCCOC(=O)c1ccc2c(c1)-c1ccccc1C2=NN(c1ccccc1)c1ccc(C=Cc2ccccc2)cc1. The van der Waals surface area contributed by atoms with Crippen LogP contribution in [-0.2, 0) is 4.74 Å². The third-order valence-corrected chi connectivity index (χ3v) is 8.82. The van der Waals surface area contributed by atoms with Crippen molar-refractivity contribution in [2.45, 2.75) is 58.3 Å². The van der Waals surface area contributed by atoms with Gasteiger partial charge in [-0.05, 0) is 65.1 Å². The molecule has 0 amide bonds. The number of carbonyl (C=O) groups excluding carboxylic acids is 1. The number of anilines is 2. The number of fused-ring (bicyclic) bond motifs is 3. The Morgan fingerprint density at radius 3 is 1.85 bits per heavy atom. The van der Waals surface area contributed by atoms with Gasteiger partial charge in [0.15, 0.2) is 0 Å². The second kappa shape index (κ2) is 16.6. The fraction of sp³-hybridized carbons (Fsp3) is 0.227. The molecular weight excluding hydrogens is 588 g/mol. The van der Waals surface area contributed by atoms with E-state index in [1.807, 2.05) is 71.7 Å². The highest BCUT2D eigenvalue weighted by Gasteiger charge is 2.27. The number of hydrazone groups is 1. The molecule has 48 heavy (non-hydrogen) atoms. The quantitative estimate of drug-likeness (QED) is 0.0489. The van der Waals surface area contributed by atoms with E-state index in [0.717, 1.165) is 63.3 Å². The highest BCUT2D eigenvalue weighted by molar-refractivity contribution is 6.25. The van der Waals surface area contributed by atoms with Gasteiger partial charge in [0.05, 0.1) is 29.3 Å². The topological polar surface area (TPSA) is 41.9 Å². The fourth-order valence-corrected chi connectivity index (χ4v) is 6.18. The van der Waals surface area contributed by atoms with Crippen molar-refractivity contribution in [3.05, 3.63) is 155 Å². The number of benzene rings is 5. The summed E-state index contributed by atoms with van der Waals surface area (Å²) in [6.45, 7) is 2.70. The van der Waals surface area contributed by atoms with Crippen LogP contribution in [-0.4, -0.2) is 18.3 Å². The zero-order valence-electron chi connectivity index (χ0n) is 27.9. The molecular formula is C44H44N2O2. The average Bonchev–Trinajstić information content (AvgIpc) is 3.45. The third-order valence-electron chi connectivity index (χ3n) is 8.82. The molecule has 0 saturated heterocycles. The first-order valence-electron chi connectivity index (χ1n) is 17.4. The smallest absolute Gasteiger partial charge is 0.338 e. The summed E-state index contributed by atoms with van der Waals surface area (Å²) in [6.07, 6.45) is 13.9. The van der Waals surface area contributed by atoms with Crippen LogP contribution in [0.2, 0.25) is 0 Å². The minimum atomic E-state index is -0.268. The van der Waals surface area contributed by atoms with Crippen LogP contribution in [0, 0.1) is 0 Å². The van der Waals surface area contributed by atoms with Gasteiger partial charge in [0.1, 0.15) is 0 Å². The molecule has 5 aromatic carbocycles. The lowest BCUT2D eigenvalue weighted by Gasteiger charge is -2.21. The molecule has 0 bridgehead atoms. The van der Waals surface area contributed by atoms with E-state index in [0.29, 0.717) is 12.2 Å². The zero-order chi connectivity index (χ0) is 33.0. The van der Waals surface area contributed by atoms with Crippen molar-refractivity contribution in [1.29, 1.82) is 0 Å². The Bertz CT molecular complexity index is 1840. The van der Waals surface area contributed by atoms with Crippen molar-refractivity contribution in [2.24, 2.45) is 5.10 Å². The van der Waals surface area contributed by atoms with E-state index < -0.39 is 0 Å². The van der Waals surface area contributed by atoms with Crippen LogP contribution >= 0.6 is 0 Å². The maximum absolute atomic E-state index is 13.1. The van der Waals surface area contributed by atoms with Gasteiger partial charge in [0.2, 0.25) is 0 Å². The highest BCUT2D eigenvalue weighted by atomic mass is 16.5. The van der Waals surface area contributed by atoms with Crippen LogP contribution in [0.5, 0.6) is 0 Å². The summed E-state index contributed by atoms with van der Waals surface area (Å²) < 4.78 is 5.70. The van der Waals surface area contributed by atoms with E-state index in [-0.39, 0.29) is 5.97 Å². The number of hydrogen-bond donors (Lipinski definition) is 0. The lowest BCUT2D eigenvalue weighted by molar-refractivity contribution is 0.0497. The third kappa shape index (κ3) is 8.19. The fourth-order valence-electron chi connectivity index (χ4n) is 6.18. The Morgan fingerprint density at radius 2 is 1.15 bits per heavy atom. The molecule has 1 aliphatic rings. The van der Waals surface area contributed by atoms with Crippen molar-refractivity contribution >= 4 is 35.2 Å². The first-order valence-corrected chi connectivity index (χ1v) is 17.4. The highest BCUT2D eigenvalue weighted by Crippen LogP contribution is 2.39. The Morgan fingerprint density at radius 1 is 0.583 bits per heavy atom. The molecule has 0 heterocycles. The standard InChI is InChI=1S/C44H44N2O2/c1-2-3-4-5-6-7-8-17-32-48-44(47)36-28-31-41-42(33-36)39-22-15-16-23-40(39)43(41)45-46(37-20-13-10-14-21-37)38-29-26-35(27-30-38)25-24-34-18-11-9-12-19-34/h9-16,18-31,33H,2-8,17,32H2,1H3. The number of rotatable bonds is 15. The summed E-state index contributed by atoms with van der Waals surface area (Å²) in [4.78, 5) is 13.1. The van der Waals surface area contributed by atoms with Gasteiger partial charge in [-0.2, -0.15) is 5.10 Å². The molecule has 4 nitrogen and oxygen atoms in total. The second-order valence-electron chi connectivity index (χ2n) is 12.3. The predicted octanol–water partition coefficient (Wildman–Crippen LogP) is 11.7. The van der Waals surface area contributed by atoms with E-state index in [2.05, 4.69) is 79.7 Å². The first-order chi connectivity index (χ1) is 23.7. The average molecular weight is 633 g/mol. The Balaban J connectivity index is 1.22. The van der Waals surface area contributed by atoms with Gasteiger partial charge >= 0.3 is 5.97 Å². The van der Waals surface area contributed by atoms with Crippen LogP contribution in [0.25, 0.3) is 23.3 Å². The molecule has 0 unspecified atom stereocenters. The molecule has 0 aliphatic heterocycles. The monoisotopic (exact) mass is 632 g/mol. The zero-order valence-corrected chi connectivity index (χ0v) is 27.9. The number of hydrogen-bond acceptors (Lipinski definition) is 4. The molecule has 0 saturated carbocycles. The maximum Gasteiger partial charge on any atom is 0.338 e. The van der Waals surface area contributed by atoms with Gasteiger partial charge < -0.3 is 4.74 Å². The number of nitrogens with zero attached hydrogens (tertiary/aromatic N) is 2. The largest absolute Gasteiger partial charge is 0.462 e. The Hall–Kier alpha value is -5.22. The maximum atomic E-state index is 13.1. The van der Waals surface area contributed by atoms with E-state index in [1.165, 1.54) is 38.5 Å². The molecule has 0 radical (unpaired) electrons. The van der Waals surface area contributed by atoms with Crippen LogP contribution < -0.4 is 5.01 Å². The summed E-state index contributed by atoms with van der Waals surface area (Å²) >= 11 is 0. The predicted molar refractivity (Wildman–Crippen MR) is 201 cm³/mol. The molecule has 6 rings (SSSR count). The molecule has 0 N–H and O–H groups in total. The van der Waals surface area contributed by atoms with Gasteiger partial charge in [-0.15, -0.1) is 0 Å². The van der Waals surface area contributed by atoms with E-state index in [9.17, 15) is 4.79 Å². The molecule has 4 heteroatoms. The minimum absolute atomic E-state index is 0.268. The van der Waals surface area contributed by atoms with Crippen LogP contribution in [0.15, 0.2) is 132 Å². The number of unbranched alkanes of at least 4 members (excludes halogenated alkanes) is 7.